The number of aliphatic hydroxyl groups excluding tert-OH is 1. The van der Waals surface area contributed by atoms with E-state index >= 15 is 0 Å². The smallest absolute Gasteiger partial charge is 0.234 e. The van der Waals surface area contributed by atoms with Crippen molar-refractivity contribution in [3.63, 3.8) is 0 Å². The van der Waals surface area contributed by atoms with Crippen LogP contribution in [0, 0.1) is 18.3 Å². The molecule has 0 radical (unpaired) electrons. The minimum absolute atomic E-state index is 0.0425. The van der Waals surface area contributed by atoms with E-state index in [1.54, 1.807) is 0 Å². The van der Waals surface area contributed by atoms with Gasteiger partial charge in [-0.3, -0.25) is 9.69 Å². The lowest BCUT2D eigenvalue weighted by Gasteiger charge is -2.36. The summed E-state index contributed by atoms with van der Waals surface area (Å²) in [5, 5.41) is 12.8. The average molecular weight is 318 g/mol. The largest absolute Gasteiger partial charge is 0.396 e. The predicted molar refractivity (Wildman–Crippen MR) is 87.9 cm³/mol. The number of fused-ring (bicyclic) bond motifs is 1. The Balaban J connectivity index is 1.52. The molecule has 3 rings (SSSR count). The second kappa shape index (κ2) is 6.99. The molecule has 5 nitrogen and oxygen atoms in total. The molecular formula is C18H26N2O3. The number of likely N-dealkylation sites (tertiary alicyclic amines) is 1. The van der Waals surface area contributed by atoms with Gasteiger partial charge in [-0.2, -0.15) is 0 Å². The van der Waals surface area contributed by atoms with Crippen LogP contribution >= 0.6 is 0 Å². The fourth-order valence-corrected chi connectivity index (χ4v) is 3.80. The van der Waals surface area contributed by atoms with Crippen LogP contribution in [0.3, 0.4) is 0 Å². The van der Waals surface area contributed by atoms with Crippen molar-refractivity contribution in [1.29, 1.82) is 0 Å². The number of nitrogens with one attached hydrogen (secondary N) is 1. The number of aryl methyl sites for hydroxylation is 1. The van der Waals surface area contributed by atoms with E-state index in [9.17, 15) is 9.90 Å². The molecule has 2 aliphatic heterocycles. The fourth-order valence-electron chi connectivity index (χ4n) is 3.80. The summed E-state index contributed by atoms with van der Waals surface area (Å²) < 4.78 is 5.54. The topological polar surface area (TPSA) is 61.8 Å². The van der Waals surface area contributed by atoms with Gasteiger partial charge >= 0.3 is 0 Å². The third-order valence-corrected chi connectivity index (χ3v) is 5.37. The molecule has 0 aliphatic carbocycles. The van der Waals surface area contributed by atoms with E-state index in [-0.39, 0.29) is 17.9 Å². The van der Waals surface area contributed by atoms with Gasteiger partial charge in [0.05, 0.1) is 19.8 Å². The molecule has 0 saturated carbocycles. The van der Waals surface area contributed by atoms with E-state index in [4.69, 9.17) is 4.74 Å². The molecule has 1 aromatic carbocycles. The Kier molecular flexibility index (Phi) is 4.99. The molecule has 0 bridgehead atoms. The molecule has 0 spiro atoms. The van der Waals surface area contributed by atoms with Crippen LogP contribution < -0.4 is 5.32 Å². The van der Waals surface area contributed by atoms with Gasteiger partial charge < -0.3 is 15.2 Å². The minimum Gasteiger partial charge on any atom is -0.396 e. The average Bonchev–Trinajstić information content (AvgIpc) is 2.92. The third-order valence-electron chi connectivity index (χ3n) is 5.37. The number of amides is 1. The maximum Gasteiger partial charge on any atom is 0.234 e. The molecule has 2 heterocycles. The number of benzene rings is 1. The summed E-state index contributed by atoms with van der Waals surface area (Å²) in [6, 6.07) is 8.09. The molecule has 5 heteroatoms. The Labute approximate surface area is 137 Å². The standard InChI is InChI=1S/C18H26N2O3/c1-14-4-2-3-5-15(14)8-19-17(22)10-20-9-16-11-23-7-6-18(16,12-20)13-21/h2-5,16,21H,6-13H2,1H3,(H,19,22)/t16-,18-/m1/s1. The van der Waals surface area contributed by atoms with Crippen LogP contribution in [-0.4, -0.2) is 55.4 Å². The van der Waals surface area contributed by atoms with Crippen LogP contribution in [-0.2, 0) is 16.1 Å². The van der Waals surface area contributed by atoms with Gasteiger partial charge in [0.2, 0.25) is 5.91 Å². The number of carbonyl (C=O) groups excluding carboxylic acids is 1. The lowest BCUT2D eigenvalue weighted by atomic mass is 9.75. The third kappa shape index (κ3) is 3.57. The second-order valence-electron chi connectivity index (χ2n) is 6.92. The number of rotatable bonds is 5. The van der Waals surface area contributed by atoms with Gasteiger partial charge in [0.15, 0.2) is 0 Å². The highest BCUT2D eigenvalue weighted by atomic mass is 16.5. The highest BCUT2D eigenvalue weighted by Crippen LogP contribution is 2.41. The van der Waals surface area contributed by atoms with E-state index < -0.39 is 0 Å². The van der Waals surface area contributed by atoms with Crippen molar-refractivity contribution in [2.45, 2.75) is 19.9 Å². The fraction of sp³-hybridized carbons (Fsp3) is 0.611. The molecule has 2 aliphatic rings. The van der Waals surface area contributed by atoms with Crippen molar-refractivity contribution in [3.8, 4) is 0 Å². The molecule has 2 atom stereocenters. The van der Waals surface area contributed by atoms with Crippen molar-refractivity contribution in [2.75, 3.05) is 39.5 Å². The van der Waals surface area contributed by atoms with Gasteiger partial charge in [0.1, 0.15) is 0 Å². The molecule has 23 heavy (non-hydrogen) atoms. The quantitative estimate of drug-likeness (QED) is 0.848. The zero-order valence-electron chi connectivity index (χ0n) is 13.8. The van der Waals surface area contributed by atoms with E-state index in [1.165, 1.54) is 5.56 Å². The Morgan fingerprint density at radius 2 is 2.30 bits per heavy atom. The van der Waals surface area contributed by atoms with Crippen molar-refractivity contribution in [2.24, 2.45) is 11.3 Å². The zero-order valence-corrected chi connectivity index (χ0v) is 13.8. The predicted octanol–water partition coefficient (Wildman–Crippen LogP) is 0.942. The summed E-state index contributed by atoms with van der Waals surface area (Å²) in [4.78, 5) is 14.4. The first kappa shape index (κ1) is 16.4. The van der Waals surface area contributed by atoms with Gasteiger partial charge in [-0.1, -0.05) is 24.3 Å². The molecule has 126 valence electrons. The summed E-state index contributed by atoms with van der Waals surface area (Å²) in [6.45, 7) is 6.22. The van der Waals surface area contributed by atoms with E-state index in [0.717, 1.165) is 25.1 Å². The summed E-state index contributed by atoms with van der Waals surface area (Å²) >= 11 is 0. The Bertz CT molecular complexity index is 563. The monoisotopic (exact) mass is 318 g/mol. The van der Waals surface area contributed by atoms with Gasteiger partial charge in [-0.05, 0) is 24.5 Å². The molecule has 2 saturated heterocycles. The minimum atomic E-state index is -0.0749. The first-order chi connectivity index (χ1) is 11.1. The zero-order chi connectivity index (χ0) is 16.3. The van der Waals surface area contributed by atoms with E-state index in [1.807, 2.05) is 18.2 Å². The molecule has 0 aromatic heterocycles. The molecule has 1 aromatic rings. The van der Waals surface area contributed by atoms with Gasteiger partial charge in [0.25, 0.3) is 0 Å². The lowest BCUT2D eigenvalue weighted by molar-refractivity contribution is -0.122. The van der Waals surface area contributed by atoms with Crippen LogP contribution in [0.2, 0.25) is 0 Å². The lowest BCUT2D eigenvalue weighted by Crippen LogP contribution is -2.41. The van der Waals surface area contributed by atoms with Crippen LogP contribution in [0.15, 0.2) is 24.3 Å². The van der Waals surface area contributed by atoms with Crippen LogP contribution in [0.25, 0.3) is 0 Å². The van der Waals surface area contributed by atoms with Crippen LogP contribution in [0.1, 0.15) is 17.5 Å². The number of hydrogen-bond acceptors (Lipinski definition) is 4. The number of aliphatic hydroxyl groups is 1. The SMILES string of the molecule is Cc1ccccc1CNC(=O)CN1C[C@@H]2COCC[C@]2(CO)C1. The number of ether oxygens (including phenoxy) is 1. The van der Waals surface area contributed by atoms with Crippen molar-refractivity contribution >= 4 is 5.91 Å². The Morgan fingerprint density at radius 1 is 1.48 bits per heavy atom. The summed E-state index contributed by atoms with van der Waals surface area (Å²) in [6.07, 6.45) is 0.884. The first-order valence-corrected chi connectivity index (χ1v) is 8.35. The number of hydrogen-bond donors (Lipinski definition) is 2. The van der Waals surface area contributed by atoms with Gasteiger partial charge in [-0.25, -0.2) is 0 Å². The molecule has 1 amide bonds. The number of carbonyl (C=O) groups is 1. The van der Waals surface area contributed by atoms with Crippen LogP contribution in [0.5, 0.6) is 0 Å². The van der Waals surface area contributed by atoms with Gasteiger partial charge in [-0.15, -0.1) is 0 Å². The molecule has 0 unspecified atom stereocenters. The first-order valence-electron chi connectivity index (χ1n) is 8.35. The van der Waals surface area contributed by atoms with Crippen molar-refractivity contribution in [1.82, 2.24) is 10.2 Å². The molecule has 2 fully saturated rings. The Hall–Kier alpha value is -1.43. The summed E-state index contributed by atoms with van der Waals surface area (Å²) in [7, 11) is 0. The normalized spacial score (nSPS) is 27.7. The van der Waals surface area contributed by atoms with Crippen molar-refractivity contribution < 1.29 is 14.6 Å². The maximum atomic E-state index is 12.2. The second-order valence-corrected chi connectivity index (χ2v) is 6.92. The van der Waals surface area contributed by atoms with Gasteiger partial charge in [0, 0.05) is 37.6 Å². The van der Waals surface area contributed by atoms with Crippen molar-refractivity contribution in [3.05, 3.63) is 35.4 Å². The van der Waals surface area contributed by atoms with Crippen LogP contribution in [0.4, 0.5) is 0 Å². The maximum absolute atomic E-state index is 12.2. The highest BCUT2D eigenvalue weighted by molar-refractivity contribution is 5.78. The number of nitrogens with zero attached hydrogens (tertiary/aromatic N) is 1. The molecule has 2 N–H and O–H groups in total. The highest BCUT2D eigenvalue weighted by Gasteiger charge is 2.48. The molecular weight excluding hydrogens is 292 g/mol. The summed E-state index contributed by atoms with van der Waals surface area (Å²) in [5.41, 5.74) is 2.27. The summed E-state index contributed by atoms with van der Waals surface area (Å²) in [5.74, 6) is 0.381. The Morgan fingerprint density at radius 3 is 3.04 bits per heavy atom. The van der Waals surface area contributed by atoms with E-state index in [2.05, 4.69) is 23.2 Å². The van der Waals surface area contributed by atoms with E-state index in [0.29, 0.717) is 32.2 Å².